The van der Waals surface area contributed by atoms with Gasteiger partial charge in [0.05, 0.1) is 0 Å². The highest BCUT2D eigenvalue weighted by Crippen LogP contribution is 2.22. The van der Waals surface area contributed by atoms with E-state index in [1.54, 1.807) is 12.4 Å². The van der Waals surface area contributed by atoms with Crippen LogP contribution in [0.3, 0.4) is 0 Å². The van der Waals surface area contributed by atoms with Crippen molar-refractivity contribution in [1.29, 1.82) is 0 Å². The number of rotatable bonds is 2. The van der Waals surface area contributed by atoms with Gasteiger partial charge in [0.25, 0.3) is 5.91 Å². The van der Waals surface area contributed by atoms with E-state index in [0.717, 1.165) is 22.6 Å². The summed E-state index contributed by atoms with van der Waals surface area (Å²) in [5.41, 5.74) is 4.63. The van der Waals surface area contributed by atoms with Gasteiger partial charge < -0.3 is 9.88 Å². The van der Waals surface area contributed by atoms with Crippen molar-refractivity contribution in [2.24, 2.45) is 0 Å². The topological polar surface area (TPSA) is 58.9 Å². The maximum atomic E-state index is 11.7. The van der Waals surface area contributed by atoms with Crippen LogP contribution in [0.1, 0.15) is 17.0 Å². The highest BCUT2D eigenvalue weighted by Gasteiger charge is 2.21. The lowest BCUT2D eigenvalue weighted by Crippen LogP contribution is -2.21. The SMILES string of the molecule is Cc1cc(/C=C2\NC(=S)NC2=O)c(C)n1-c1ccncc1. The predicted octanol–water partition coefficient (Wildman–Crippen LogP) is 1.83. The molecule has 0 saturated carbocycles. The van der Waals surface area contributed by atoms with Crippen molar-refractivity contribution in [2.75, 3.05) is 0 Å². The van der Waals surface area contributed by atoms with E-state index in [1.165, 1.54) is 0 Å². The molecule has 0 radical (unpaired) electrons. The normalized spacial score (nSPS) is 16.2. The first-order chi connectivity index (χ1) is 10.1. The van der Waals surface area contributed by atoms with Crippen LogP contribution >= 0.6 is 12.2 Å². The number of carbonyl (C=O) groups excluding carboxylic acids is 1. The maximum absolute atomic E-state index is 11.7. The summed E-state index contributed by atoms with van der Waals surface area (Å²) in [6.07, 6.45) is 5.34. The molecule has 2 N–H and O–H groups in total. The Morgan fingerprint density at radius 2 is 1.95 bits per heavy atom. The van der Waals surface area contributed by atoms with E-state index in [2.05, 4.69) is 20.2 Å². The van der Waals surface area contributed by atoms with Crippen LogP contribution in [0.25, 0.3) is 11.8 Å². The molecule has 2 aromatic heterocycles. The van der Waals surface area contributed by atoms with Crippen molar-refractivity contribution in [3.05, 3.63) is 53.2 Å². The molecule has 0 atom stereocenters. The van der Waals surface area contributed by atoms with Gasteiger partial charge in [0.1, 0.15) is 5.70 Å². The first kappa shape index (κ1) is 13.5. The Labute approximate surface area is 127 Å². The minimum Gasteiger partial charge on any atom is -0.328 e. The summed E-state index contributed by atoms with van der Waals surface area (Å²) in [5, 5.41) is 5.76. The second kappa shape index (κ2) is 5.14. The van der Waals surface area contributed by atoms with Crippen LogP contribution in [0, 0.1) is 13.8 Å². The van der Waals surface area contributed by atoms with Gasteiger partial charge in [0, 0.05) is 29.5 Å². The first-order valence-corrected chi connectivity index (χ1v) is 6.90. The smallest absolute Gasteiger partial charge is 0.273 e. The summed E-state index contributed by atoms with van der Waals surface area (Å²) in [4.78, 5) is 15.8. The zero-order chi connectivity index (χ0) is 15.0. The van der Waals surface area contributed by atoms with Crippen molar-refractivity contribution in [3.8, 4) is 5.69 Å². The molecule has 0 unspecified atom stereocenters. The van der Waals surface area contributed by atoms with Gasteiger partial charge in [-0.15, -0.1) is 0 Å². The van der Waals surface area contributed by atoms with E-state index >= 15 is 0 Å². The quantitative estimate of drug-likeness (QED) is 0.656. The number of nitrogens with one attached hydrogen (secondary N) is 2. The number of aryl methyl sites for hydroxylation is 1. The molecular formula is C15H14N4OS. The number of hydrogen-bond donors (Lipinski definition) is 2. The Hall–Kier alpha value is -2.47. The standard InChI is InChI=1S/C15H14N4OS/c1-9-7-11(8-13-14(20)18-15(21)17-13)10(2)19(9)12-3-5-16-6-4-12/h3-8H,1-2H3,(H2,17,18,20,21)/b13-8-. The van der Waals surface area contributed by atoms with Crippen molar-refractivity contribution in [2.45, 2.75) is 13.8 Å². The Bertz CT molecular complexity index is 761. The number of nitrogens with zero attached hydrogens (tertiary/aromatic N) is 2. The average molecular weight is 298 g/mol. The van der Waals surface area contributed by atoms with Gasteiger partial charge in [-0.25, -0.2) is 0 Å². The van der Waals surface area contributed by atoms with E-state index in [9.17, 15) is 4.79 Å². The fourth-order valence-corrected chi connectivity index (χ4v) is 2.66. The third-order valence-corrected chi connectivity index (χ3v) is 3.62. The van der Waals surface area contributed by atoms with E-state index in [0.29, 0.717) is 10.8 Å². The van der Waals surface area contributed by atoms with Crippen molar-refractivity contribution in [3.63, 3.8) is 0 Å². The van der Waals surface area contributed by atoms with Gasteiger partial charge in [-0.05, 0) is 55.9 Å². The van der Waals surface area contributed by atoms with E-state index < -0.39 is 0 Å². The average Bonchev–Trinajstić information content (AvgIpc) is 2.91. The Kier molecular flexibility index (Phi) is 3.31. The largest absolute Gasteiger partial charge is 0.328 e. The molecule has 1 aliphatic rings. The highest BCUT2D eigenvalue weighted by molar-refractivity contribution is 7.80. The summed E-state index contributed by atoms with van der Waals surface area (Å²) in [5.74, 6) is -0.200. The third kappa shape index (κ3) is 2.45. The fraction of sp³-hybridized carbons (Fsp3) is 0.133. The van der Waals surface area contributed by atoms with Crippen LogP contribution in [-0.2, 0) is 4.79 Å². The number of amides is 1. The van der Waals surface area contributed by atoms with Crippen LogP contribution in [0.2, 0.25) is 0 Å². The molecule has 1 aliphatic heterocycles. The number of aromatic nitrogens is 2. The monoisotopic (exact) mass is 298 g/mol. The molecule has 3 rings (SSSR count). The van der Waals surface area contributed by atoms with Crippen molar-refractivity contribution < 1.29 is 4.79 Å². The summed E-state index contributed by atoms with van der Waals surface area (Å²) in [7, 11) is 0. The van der Waals surface area contributed by atoms with Crippen LogP contribution in [0.5, 0.6) is 0 Å². The molecule has 0 aliphatic carbocycles. The van der Waals surface area contributed by atoms with Crippen LogP contribution < -0.4 is 10.6 Å². The molecule has 3 heterocycles. The first-order valence-electron chi connectivity index (χ1n) is 6.49. The Balaban J connectivity index is 2.05. The third-order valence-electron chi connectivity index (χ3n) is 3.41. The molecule has 0 aromatic carbocycles. The zero-order valence-electron chi connectivity index (χ0n) is 11.7. The zero-order valence-corrected chi connectivity index (χ0v) is 12.5. The highest BCUT2D eigenvalue weighted by atomic mass is 32.1. The summed E-state index contributed by atoms with van der Waals surface area (Å²) in [6.45, 7) is 4.05. The molecule has 1 fully saturated rings. The predicted molar refractivity (Wildman–Crippen MR) is 84.9 cm³/mol. The van der Waals surface area contributed by atoms with Crippen molar-refractivity contribution in [1.82, 2.24) is 20.2 Å². The molecular weight excluding hydrogens is 284 g/mol. The van der Waals surface area contributed by atoms with Gasteiger partial charge in [-0.3, -0.25) is 15.1 Å². The molecule has 21 heavy (non-hydrogen) atoms. The summed E-state index contributed by atoms with van der Waals surface area (Å²) in [6, 6.07) is 5.94. The summed E-state index contributed by atoms with van der Waals surface area (Å²) >= 11 is 4.93. The number of thiocarbonyl (C=S) groups is 1. The fourth-order valence-electron chi connectivity index (χ4n) is 2.46. The Morgan fingerprint density at radius 3 is 2.57 bits per heavy atom. The summed E-state index contributed by atoms with van der Waals surface area (Å²) < 4.78 is 2.12. The number of pyridine rings is 1. The lowest BCUT2D eigenvalue weighted by Gasteiger charge is -2.08. The molecule has 106 valence electrons. The molecule has 2 aromatic rings. The second-order valence-electron chi connectivity index (χ2n) is 4.83. The minimum atomic E-state index is -0.200. The van der Waals surface area contributed by atoms with Crippen LogP contribution in [0.4, 0.5) is 0 Å². The van der Waals surface area contributed by atoms with Gasteiger partial charge in [-0.2, -0.15) is 0 Å². The lowest BCUT2D eigenvalue weighted by molar-refractivity contribution is -0.115. The van der Waals surface area contributed by atoms with Gasteiger partial charge in [-0.1, -0.05) is 0 Å². The molecule has 5 nitrogen and oxygen atoms in total. The maximum Gasteiger partial charge on any atom is 0.273 e. The molecule has 0 bridgehead atoms. The molecule has 1 amide bonds. The van der Waals surface area contributed by atoms with E-state index in [4.69, 9.17) is 12.2 Å². The second-order valence-corrected chi connectivity index (χ2v) is 5.24. The number of carbonyl (C=O) groups is 1. The molecule has 6 heteroatoms. The van der Waals surface area contributed by atoms with Crippen LogP contribution in [-0.4, -0.2) is 20.6 Å². The minimum absolute atomic E-state index is 0.200. The Morgan fingerprint density at radius 1 is 1.24 bits per heavy atom. The van der Waals surface area contributed by atoms with Crippen molar-refractivity contribution >= 4 is 29.3 Å². The lowest BCUT2D eigenvalue weighted by atomic mass is 10.2. The van der Waals surface area contributed by atoms with E-state index in [-0.39, 0.29) is 5.91 Å². The molecule has 0 spiro atoms. The van der Waals surface area contributed by atoms with Crippen LogP contribution in [0.15, 0.2) is 36.3 Å². The molecule has 1 saturated heterocycles. The van der Waals surface area contributed by atoms with E-state index in [1.807, 2.05) is 38.1 Å². The van der Waals surface area contributed by atoms with Gasteiger partial charge in [0.15, 0.2) is 5.11 Å². The van der Waals surface area contributed by atoms with Gasteiger partial charge >= 0.3 is 0 Å². The van der Waals surface area contributed by atoms with Gasteiger partial charge in [0.2, 0.25) is 0 Å². The number of hydrogen-bond acceptors (Lipinski definition) is 3.